The van der Waals surface area contributed by atoms with Gasteiger partial charge in [0.2, 0.25) is 0 Å². The van der Waals surface area contributed by atoms with Crippen LogP contribution in [0.3, 0.4) is 0 Å². The number of carbonyl (C=O) groups is 2. The van der Waals surface area contributed by atoms with E-state index in [0.29, 0.717) is 30.8 Å². The Morgan fingerprint density at radius 1 is 1.29 bits per heavy atom. The maximum Gasteiger partial charge on any atom is 0.295 e. The third-order valence-corrected chi connectivity index (χ3v) is 5.15. The fourth-order valence-electron chi connectivity index (χ4n) is 3.86. The molecule has 1 unspecified atom stereocenters. The van der Waals surface area contributed by atoms with Crippen molar-refractivity contribution in [1.29, 1.82) is 0 Å². The van der Waals surface area contributed by atoms with Crippen LogP contribution in [-0.4, -0.2) is 39.8 Å². The van der Waals surface area contributed by atoms with Gasteiger partial charge in [0.1, 0.15) is 17.6 Å². The number of aromatic nitrogens is 1. The van der Waals surface area contributed by atoms with Crippen molar-refractivity contribution in [2.45, 2.75) is 32.2 Å². The molecule has 1 N–H and O–H groups in total. The van der Waals surface area contributed by atoms with Crippen molar-refractivity contribution in [2.24, 2.45) is 0 Å². The van der Waals surface area contributed by atoms with Gasteiger partial charge in [-0.05, 0) is 55.2 Å². The molecule has 6 nitrogen and oxygen atoms in total. The molecule has 0 saturated carbocycles. The first-order valence-electron chi connectivity index (χ1n) is 9.57. The van der Waals surface area contributed by atoms with Crippen molar-refractivity contribution >= 4 is 17.4 Å². The lowest BCUT2D eigenvalue weighted by atomic mass is 9.96. The molecule has 6 heteroatoms. The van der Waals surface area contributed by atoms with Crippen molar-refractivity contribution in [3.63, 3.8) is 0 Å². The summed E-state index contributed by atoms with van der Waals surface area (Å²) in [6.07, 6.45) is 4.08. The highest BCUT2D eigenvalue weighted by atomic mass is 16.5. The van der Waals surface area contributed by atoms with Gasteiger partial charge in [0.25, 0.3) is 11.7 Å². The van der Waals surface area contributed by atoms with Gasteiger partial charge in [-0.1, -0.05) is 13.0 Å². The Labute approximate surface area is 163 Å². The number of pyridine rings is 1. The molecule has 1 saturated heterocycles. The standard InChI is InChI=1S/C22H22N2O4/c1-2-11-24-19(16-7-3-4-10-23-16)18(21(26)22(24)27)20(25)15-8-9-17-14(13-15)6-5-12-28-17/h3-4,7-10,13,19,25H,2,5-6,11-12H2,1H3/b20-18-. The zero-order valence-corrected chi connectivity index (χ0v) is 15.7. The molecule has 0 aliphatic carbocycles. The summed E-state index contributed by atoms with van der Waals surface area (Å²) in [5.74, 6) is -0.632. The average molecular weight is 378 g/mol. The second-order valence-corrected chi connectivity index (χ2v) is 7.02. The molecule has 2 aromatic rings. The normalized spacial score (nSPS) is 20.8. The van der Waals surface area contributed by atoms with E-state index in [-0.39, 0.29) is 11.3 Å². The number of hydrogen-bond donors (Lipinski definition) is 1. The van der Waals surface area contributed by atoms with Crippen molar-refractivity contribution in [3.8, 4) is 5.75 Å². The summed E-state index contributed by atoms with van der Waals surface area (Å²) in [7, 11) is 0. The van der Waals surface area contributed by atoms with Gasteiger partial charge in [-0.3, -0.25) is 14.6 Å². The largest absolute Gasteiger partial charge is 0.507 e. The lowest BCUT2D eigenvalue weighted by Crippen LogP contribution is -2.30. The highest BCUT2D eigenvalue weighted by molar-refractivity contribution is 6.46. The van der Waals surface area contributed by atoms with Gasteiger partial charge in [0.05, 0.1) is 17.9 Å². The smallest absolute Gasteiger partial charge is 0.295 e. The summed E-state index contributed by atoms with van der Waals surface area (Å²) in [5, 5.41) is 11.0. The first kappa shape index (κ1) is 18.2. The summed E-state index contributed by atoms with van der Waals surface area (Å²) in [6.45, 7) is 3.04. The molecule has 1 atom stereocenters. The van der Waals surface area contributed by atoms with E-state index in [1.807, 2.05) is 19.1 Å². The number of aliphatic hydroxyl groups is 1. The maximum atomic E-state index is 12.8. The highest BCUT2D eigenvalue weighted by Gasteiger charge is 2.46. The van der Waals surface area contributed by atoms with Crippen molar-refractivity contribution in [1.82, 2.24) is 9.88 Å². The van der Waals surface area contributed by atoms with Crippen LogP contribution in [0.2, 0.25) is 0 Å². The van der Waals surface area contributed by atoms with Gasteiger partial charge in [0.15, 0.2) is 0 Å². The molecule has 4 rings (SSSR count). The van der Waals surface area contributed by atoms with E-state index in [9.17, 15) is 14.7 Å². The lowest BCUT2D eigenvalue weighted by molar-refractivity contribution is -0.139. The molecular formula is C22H22N2O4. The SMILES string of the molecule is CCCN1C(=O)C(=O)/C(=C(\O)c2ccc3c(c2)CCCO3)C1c1ccccn1. The van der Waals surface area contributed by atoms with Crippen LogP contribution < -0.4 is 4.74 Å². The van der Waals surface area contributed by atoms with Gasteiger partial charge in [0, 0.05) is 18.3 Å². The minimum absolute atomic E-state index is 0.0915. The maximum absolute atomic E-state index is 12.8. The fourth-order valence-corrected chi connectivity index (χ4v) is 3.86. The molecule has 144 valence electrons. The highest BCUT2D eigenvalue weighted by Crippen LogP contribution is 2.39. The van der Waals surface area contributed by atoms with E-state index in [1.165, 1.54) is 4.90 Å². The van der Waals surface area contributed by atoms with Crippen LogP contribution in [0.25, 0.3) is 5.76 Å². The molecular weight excluding hydrogens is 356 g/mol. The van der Waals surface area contributed by atoms with Gasteiger partial charge in [-0.25, -0.2) is 0 Å². The quantitative estimate of drug-likeness (QED) is 0.502. The van der Waals surface area contributed by atoms with Crippen LogP contribution in [-0.2, 0) is 16.0 Å². The third kappa shape index (κ3) is 3.05. The number of fused-ring (bicyclic) bond motifs is 1. The van der Waals surface area contributed by atoms with Crippen molar-refractivity contribution in [3.05, 3.63) is 65.0 Å². The average Bonchev–Trinajstić information content (AvgIpc) is 2.99. The Morgan fingerprint density at radius 2 is 2.14 bits per heavy atom. The molecule has 1 fully saturated rings. The van der Waals surface area contributed by atoms with Gasteiger partial charge >= 0.3 is 0 Å². The van der Waals surface area contributed by atoms with Crippen molar-refractivity contribution in [2.75, 3.05) is 13.2 Å². The number of ether oxygens (including phenoxy) is 1. The summed E-state index contributed by atoms with van der Waals surface area (Å²) >= 11 is 0. The van der Waals surface area contributed by atoms with Gasteiger partial charge < -0.3 is 14.7 Å². The molecule has 0 radical (unpaired) electrons. The lowest BCUT2D eigenvalue weighted by Gasteiger charge is -2.24. The Balaban J connectivity index is 1.84. The minimum atomic E-state index is -0.687. The molecule has 3 heterocycles. The second kappa shape index (κ2) is 7.46. The summed E-state index contributed by atoms with van der Waals surface area (Å²) in [6, 6.07) is 10.0. The van der Waals surface area contributed by atoms with E-state index >= 15 is 0 Å². The number of ketones is 1. The molecule has 2 aliphatic heterocycles. The Hall–Kier alpha value is -3.15. The third-order valence-electron chi connectivity index (χ3n) is 5.15. The van der Waals surface area contributed by atoms with Crippen LogP contribution >= 0.6 is 0 Å². The number of likely N-dealkylation sites (tertiary alicyclic amines) is 1. The van der Waals surface area contributed by atoms with E-state index < -0.39 is 17.7 Å². The van der Waals surface area contributed by atoms with E-state index in [2.05, 4.69) is 4.98 Å². The van der Waals surface area contributed by atoms with E-state index in [0.717, 1.165) is 24.2 Å². The van der Waals surface area contributed by atoms with Crippen LogP contribution in [0.15, 0.2) is 48.2 Å². The number of rotatable bonds is 4. The van der Waals surface area contributed by atoms with Crippen LogP contribution in [0.5, 0.6) is 5.75 Å². The molecule has 2 aliphatic rings. The van der Waals surface area contributed by atoms with Crippen molar-refractivity contribution < 1.29 is 19.4 Å². The zero-order valence-electron chi connectivity index (χ0n) is 15.7. The van der Waals surface area contributed by atoms with E-state index in [1.54, 1.807) is 30.5 Å². The Morgan fingerprint density at radius 3 is 2.89 bits per heavy atom. The Bertz CT molecular complexity index is 952. The molecule has 0 bridgehead atoms. The topological polar surface area (TPSA) is 79.7 Å². The van der Waals surface area contributed by atoms with Gasteiger partial charge in [-0.15, -0.1) is 0 Å². The number of nitrogens with zero attached hydrogens (tertiary/aromatic N) is 2. The molecule has 1 amide bonds. The minimum Gasteiger partial charge on any atom is -0.507 e. The molecule has 1 aromatic carbocycles. The van der Waals surface area contributed by atoms with E-state index in [4.69, 9.17) is 4.74 Å². The molecule has 28 heavy (non-hydrogen) atoms. The first-order chi connectivity index (χ1) is 13.6. The number of benzene rings is 1. The summed E-state index contributed by atoms with van der Waals surface area (Å²) in [4.78, 5) is 31.3. The van der Waals surface area contributed by atoms with Crippen LogP contribution in [0.1, 0.15) is 42.6 Å². The zero-order chi connectivity index (χ0) is 19.7. The second-order valence-electron chi connectivity index (χ2n) is 7.02. The fraction of sp³-hybridized carbons (Fsp3) is 0.318. The number of aryl methyl sites for hydroxylation is 1. The molecule has 1 aromatic heterocycles. The summed E-state index contributed by atoms with van der Waals surface area (Å²) < 4.78 is 5.62. The monoisotopic (exact) mass is 378 g/mol. The number of amides is 1. The number of carbonyl (C=O) groups excluding carboxylic acids is 2. The predicted molar refractivity (Wildman–Crippen MR) is 104 cm³/mol. The molecule has 0 spiro atoms. The number of Topliss-reactive ketones (excluding diaryl/α,β-unsaturated/α-hetero) is 1. The van der Waals surface area contributed by atoms with Crippen LogP contribution in [0, 0.1) is 0 Å². The predicted octanol–water partition coefficient (Wildman–Crippen LogP) is 3.24. The summed E-state index contributed by atoms with van der Waals surface area (Å²) in [5.41, 5.74) is 2.17. The number of hydrogen-bond acceptors (Lipinski definition) is 5. The first-order valence-corrected chi connectivity index (χ1v) is 9.57. The number of aliphatic hydroxyl groups excluding tert-OH is 1. The Kier molecular flexibility index (Phi) is 4.86. The van der Waals surface area contributed by atoms with Gasteiger partial charge in [-0.2, -0.15) is 0 Å². The van der Waals surface area contributed by atoms with Crippen LogP contribution in [0.4, 0.5) is 0 Å².